The molecule has 0 saturated carbocycles. The standard InChI is InChI=1S/C14H19NO2/c1-2-13(15)10(7-8-16)12-9-17-14-6-4-3-5-11(12)14/h3-6,9-10,13,16H,2,7-8,15H2,1H3. The normalized spacial score (nSPS) is 15.0. The zero-order valence-electron chi connectivity index (χ0n) is 10.1. The number of fused-ring (bicyclic) bond motifs is 1. The lowest BCUT2D eigenvalue weighted by Gasteiger charge is -2.21. The van der Waals surface area contributed by atoms with E-state index in [0.29, 0.717) is 6.42 Å². The first-order valence-corrected chi connectivity index (χ1v) is 6.10. The number of para-hydroxylation sites is 1. The van der Waals surface area contributed by atoms with Gasteiger partial charge in [-0.2, -0.15) is 0 Å². The summed E-state index contributed by atoms with van der Waals surface area (Å²) in [5.41, 5.74) is 8.13. The van der Waals surface area contributed by atoms with E-state index in [2.05, 4.69) is 6.92 Å². The van der Waals surface area contributed by atoms with Gasteiger partial charge in [-0.15, -0.1) is 0 Å². The van der Waals surface area contributed by atoms with Crippen LogP contribution < -0.4 is 5.73 Å². The van der Waals surface area contributed by atoms with Crippen molar-refractivity contribution in [1.29, 1.82) is 0 Å². The molecule has 1 aromatic carbocycles. The Labute approximate surface area is 101 Å². The van der Waals surface area contributed by atoms with Gasteiger partial charge >= 0.3 is 0 Å². The van der Waals surface area contributed by atoms with Crippen molar-refractivity contribution in [3.8, 4) is 0 Å². The summed E-state index contributed by atoms with van der Waals surface area (Å²) in [6, 6.07) is 8.00. The number of hydrogen-bond acceptors (Lipinski definition) is 3. The maximum atomic E-state index is 9.17. The van der Waals surface area contributed by atoms with Crippen molar-refractivity contribution in [2.75, 3.05) is 6.61 Å². The summed E-state index contributed by atoms with van der Waals surface area (Å²) in [6.07, 6.45) is 3.35. The van der Waals surface area contributed by atoms with Gasteiger partial charge in [0.15, 0.2) is 0 Å². The Morgan fingerprint density at radius 2 is 2.12 bits per heavy atom. The van der Waals surface area contributed by atoms with Crippen LogP contribution in [0.5, 0.6) is 0 Å². The Balaban J connectivity index is 2.41. The van der Waals surface area contributed by atoms with Crippen LogP contribution >= 0.6 is 0 Å². The molecule has 0 aliphatic rings. The van der Waals surface area contributed by atoms with Crippen LogP contribution in [-0.4, -0.2) is 17.8 Å². The lowest BCUT2D eigenvalue weighted by molar-refractivity contribution is 0.266. The van der Waals surface area contributed by atoms with Gasteiger partial charge in [0, 0.05) is 29.5 Å². The van der Waals surface area contributed by atoms with Crippen LogP contribution in [0.2, 0.25) is 0 Å². The van der Waals surface area contributed by atoms with Gasteiger partial charge in [-0.25, -0.2) is 0 Å². The van der Waals surface area contributed by atoms with E-state index in [-0.39, 0.29) is 18.6 Å². The maximum Gasteiger partial charge on any atom is 0.134 e. The number of nitrogens with two attached hydrogens (primary N) is 1. The van der Waals surface area contributed by atoms with E-state index in [1.807, 2.05) is 24.3 Å². The molecule has 0 fully saturated rings. The molecule has 1 aromatic heterocycles. The molecule has 17 heavy (non-hydrogen) atoms. The predicted octanol–water partition coefficient (Wildman–Crippen LogP) is 2.64. The third-order valence-corrected chi connectivity index (χ3v) is 3.34. The lowest BCUT2D eigenvalue weighted by Crippen LogP contribution is -2.28. The quantitative estimate of drug-likeness (QED) is 0.834. The molecule has 0 amide bonds. The zero-order chi connectivity index (χ0) is 12.3. The molecule has 0 radical (unpaired) electrons. The Bertz CT molecular complexity index is 478. The van der Waals surface area contributed by atoms with E-state index in [9.17, 15) is 0 Å². The first kappa shape index (κ1) is 12.1. The molecule has 0 bridgehead atoms. The summed E-state index contributed by atoms with van der Waals surface area (Å²) in [5, 5.41) is 10.3. The molecule has 1 heterocycles. The highest BCUT2D eigenvalue weighted by Gasteiger charge is 2.21. The first-order valence-electron chi connectivity index (χ1n) is 6.10. The van der Waals surface area contributed by atoms with Gasteiger partial charge in [-0.3, -0.25) is 0 Å². The molecule has 3 nitrogen and oxygen atoms in total. The first-order chi connectivity index (χ1) is 8.27. The molecule has 2 unspecified atom stereocenters. The molecule has 0 aliphatic heterocycles. The van der Waals surface area contributed by atoms with Gasteiger partial charge in [0.1, 0.15) is 5.58 Å². The van der Waals surface area contributed by atoms with Crippen molar-refractivity contribution in [1.82, 2.24) is 0 Å². The van der Waals surface area contributed by atoms with Crippen LogP contribution in [0, 0.1) is 0 Å². The number of rotatable bonds is 5. The molecule has 2 atom stereocenters. The van der Waals surface area contributed by atoms with E-state index < -0.39 is 0 Å². The van der Waals surface area contributed by atoms with Gasteiger partial charge in [-0.05, 0) is 18.9 Å². The number of benzene rings is 1. The molecular formula is C14H19NO2. The van der Waals surface area contributed by atoms with Crippen molar-refractivity contribution in [3.63, 3.8) is 0 Å². The topological polar surface area (TPSA) is 59.4 Å². The Morgan fingerprint density at radius 1 is 1.35 bits per heavy atom. The van der Waals surface area contributed by atoms with Gasteiger partial charge in [0.25, 0.3) is 0 Å². The van der Waals surface area contributed by atoms with Gasteiger partial charge in [0.2, 0.25) is 0 Å². The van der Waals surface area contributed by atoms with E-state index >= 15 is 0 Å². The van der Waals surface area contributed by atoms with E-state index in [0.717, 1.165) is 23.0 Å². The minimum Gasteiger partial charge on any atom is -0.464 e. The fourth-order valence-corrected chi connectivity index (χ4v) is 2.31. The van der Waals surface area contributed by atoms with E-state index in [1.54, 1.807) is 6.26 Å². The summed E-state index contributed by atoms with van der Waals surface area (Å²) in [7, 11) is 0. The maximum absolute atomic E-state index is 9.17. The van der Waals surface area contributed by atoms with E-state index in [4.69, 9.17) is 15.3 Å². The molecule has 0 saturated heterocycles. The summed E-state index contributed by atoms with van der Waals surface area (Å²) in [6.45, 7) is 2.22. The van der Waals surface area contributed by atoms with Crippen molar-refractivity contribution in [2.24, 2.45) is 5.73 Å². The van der Waals surface area contributed by atoms with Gasteiger partial charge in [0.05, 0.1) is 6.26 Å². The third-order valence-electron chi connectivity index (χ3n) is 3.34. The number of aliphatic hydroxyl groups is 1. The fourth-order valence-electron chi connectivity index (χ4n) is 2.31. The Morgan fingerprint density at radius 3 is 2.82 bits per heavy atom. The van der Waals surface area contributed by atoms with Crippen molar-refractivity contribution >= 4 is 11.0 Å². The number of aliphatic hydroxyl groups excluding tert-OH is 1. The van der Waals surface area contributed by atoms with Crippen molar-refractivity contribution in [3.05, 3.63) is 36.1 Å². The van der Waals surface area contributed by atoms with Crippen LogP contribution in [0.15, 0.2) is 34.9 Å². The summed E-state index contributed by atoms with van der Waals surface area (Å²) in [4.78, 5) is 0. The molecule has 3 heteroatoms. The lowest BCUT2D eigenvalue weighted by atomic mass is 9.88. The Kier molecular flexibility index (Phi) is 3.82. The molecular weight excluding hydrogens is 214 g/mol. The highest BCUT2D eigenvalue weighted by Crippen LogP contribution is 2.31. The van der Waals surface area contributed by atoms with Crippen molar-refractivity contribution in [2.45, 2.75) is 31.7 Å². The molecule has 2 rings (SSSR count). The monoisotopic (exact) mass is 233 g/mol. The number of hydrogen-bond donors (Lipinski definition) is 2. The second-order valence-corrected chi connectivity index (χ2v) is 4.38. The van der Waals surface area contributed by atoms with Gasteiger partial charge in [-0.1, -0.05) is 25.1 Å². The van der Waals surface area contributed by atoms with Crippen molar-refractivity contribution < 1.29 is 9.52 Å². The molecule has 0 aliphatic carbocycles. The smallest absolute Gasteiger partial charge is 0.134 e. The third kappa shape index (κ3) is 2.35. The summed E-state index contributed by atoms with van der Waals surface area (Å²) >= 11 is 0. The number of furan rings is 1. The molecule has 2 aromatic rings. The van der Waals surface area contributed by atoms with E-state index in [1.165, 1.54) is 0 Å². The highest BCUT2D eigenvalue weighted by molar-refractivity contribution is 5.81. The Hall–Kier alpha value is -1.32. The second kappa shape index (κ2) is 5.34. The minimum atomic E-state index is 0.0585. The minimum absolute atomic E-state index is 0.0585. The second-order valence-electron chi connectivity index (χ2n) is 4.38. The average molecular weight is 233 g/mol. The van der Waals surface area contributed by atoms with Crippen LogP contribution in [0.4, 0.5) is 0 Å². The van der Waals surface area contributed by atoms with Crippen LogP contribution in [-0.2, 0) is 0 Å². The SMILES string of the molecule is CCC(N)C(CCO)c1coc2ccccc12. The largest absolute Gasteiger partial charge is 0.464 e. The fraction of sp³-hybridized carbons (Fsp3) is 0.429. The van der Waals surface area contributed by atoms with Crippen LogP contribution in [0.25, 0.3) is 11.0 Å². The molecule has 92 valence electrons. The predicted molar refractivity (Wildman–Crippen MR) is 68.9 cm³/mol. The summed E-state index contributed by atoms with van der Waals surface area (Å²) < 4.78 is 5.53. The average Bonchev–Trinajstić information content (AvgIpc) is 2.79. The van der Waals surface area contributed by atoms with Gasteiger partial charge < -0.3 is 15.3 Å². The molecule has 0 spiro atoms. The van der Waals surface area contributed by atoms with Crippen LogP contribution in [0.3, 0.4) is 0 Å². The van der Waals surface area contributed by atoms with Crippen LogP contribution in [0.1, 0.15) is 31.2 Å². The molecule has 3 N–H and O–H groups in total. The zero-order valence-corrected chi connectivity index (χ0v) is 10.1. The highest BCUT2D eigenvalue weighted by atomic mass is 16.3. The summed E-state index contributed by atoms with van der Waals surface area (Å²) in [5.74, 6) is 0.161.